The van der Waals surface area contributed by atoms with Gasteiger partial charge in [0.05, 0.1) is 16.9 Å². The van der Waals surface area contributed by atoms with Crippen LogP contribution in [0.1, 0.15) is 25.5 Å². The quantitative estimate of drug-likeness (QED) is 0.165. The number of H-pyrrole nitrogens is 2. The van der Waals surface area contributed by atoms with Gasteiger partial charge >= 0.3 is 0 Å². The first-order chi connectivity index (χ1) is 19.7. The van der Waals surface area contributed by atoms with E-state index in [9.17, 15) is 4.39 Å². The Hall–Kier alpha value is -4.53. The normalized spacial score (nSPS) is 12.6. The average Bonchev–Trinajstić information content (AvgIpc) is 3.55. The minimum absolute atomic E-state index is 0.290. The van der Waals surface area contributed by atoms with Gasteiger partial charge in [-0.2, -0.15) is 5.10 Å². The molecule has 6 aromatic rings. The molecule has 0 bridgehead atoms. The number of fused-ring (bicyclic) bond motifs is 2. The molecule has 3 aromatic heterocycles. The third-order valence-corrected chi connectivity index (χ3v) is 7.23. The van der Waals surface area contributed by atoms with E-state index >= 15 is 0 Å². The van der Waals surface area contributed by atoms with Crippen molar-refractivity contribution in [2.75, 3.05) is 26.0 Å². The molecule has 1 atom stereocenters. The number of pyridine rings is 1. The summed E-state index contributed by atoms with van der Waals surface area (Å²) >= 11 is 0. The van der Waals surface area contributed by atoms with Crippen LogP contribution < -0.4 is 11.1 Å². The first kappa shape index (κ1) is 26.7. The molecule has 6 rings (SSSR count). The number of halogens is 1. The molecule has 1 unspecified atom stereocenters. The molecule has 0 saturated heterocycles. The Balaban J connectivity index is 1.41. The number of nitrogens with one attached hydrogen (secondary N) is 3. The Morgan fingerprint density at radius 2 is 1.76 bits per heavy atom. The number of nitrogens with zero attached hydrogens (tertiary/aromatic N) is 3. The molecule has 5 N–H and O–H groups in total. The van der Waals surface area contributed by atoms with Crippen LogP contribution in [0.15, 0.2) is 79.1 Å². The van der Waals surface area contributed by atoms with Crippen LogP contribution in [0.4, 0.5) is 10.1 Å². The van der Waals surface area contributed by atoms with Crippen LogP contribution in [0, 0.1) is 5.82 Å². The molecular formula is C33H34FN7. The molecule has 8 heteroatoms. The number of rotatable bonds is 8. The van der Waals surface area contributed by atoms with Gasteiger partial charge in [-0.15, -0.1) is 0 Å². The van der Waals surface area contributed by atoms with Crippen LogP contribution in [-0.2, 0) is 0 Å². The minimum Gasteiger partial charge on any atom is -0.382 e. The average molecular weight is 548 g/mol. The van der Waals surface area contributed by atoms with E-state index in [0.29, 0.717) is 12.6 Å². The number of aromatic nitrogens is 4. The topological polar surface area (TPSA) is 98.7 Å². The van der Waals surface area contributed by atoms with Crippen molar-refractivity contribution < 1.29 is 4.39 Å². The molecule has 0 spiro atoms. The fourth-order valence-corrected chi connectivity index (χ4v) is 5.42. The molecular weight excluding hydrogens is 513 g/mol. The van der Waals surface area contributed by atoms with Crippen molar-refractivity contribution in [3.8, 4) is 33.6 Å². The van der Waals surface area contributed by atoms with Gasteiger partial charge in [-0.05, 0) is 98.7 Å². The van der Waals surface area contributed by atoms with Gasteiger partial charge < -0.3 is 20.9 Å². The fraction of sp³-hybridized carbons (Fsp3) is 0.212. The lowest BCUT2D eigenvalue weighted by Gasteiger charge is -2.18. The zero-order chi connectivity index (χ0) is 28.7. The first-order valence-corrected chi connectivity index (χ1v) is 13.8. The monoisotopic (exact) mass is 547 g/mol. The number of hydrogen-bond acceptors (Lipinski definition) is 5. The van der Waals surface area contributed by atoms with Crippen LogP contribution in [0.3, 0.4) is 0 Å². The molecule has 3 aromatic carbocycles. The lowest BCUT2D eigenvalue weighted by Crippen LogP contribution is -2.26. The van der Waals surface area contributed by atoms with E-state index < -0.39 is 0 Å². The predicted octanol–water partition coefficient (Wildman–Crippen LogP) is 6.96. The van der Waals surface area contributed by atoms with Gasteiger partial charge in [0.1, 0.15) is 11.5 Å². The van der Waals surface area contributed by atoms with Gasteiger partial charge in [-0.3, -0.25) is 10.1 Å². The summed E-state index contributed by atoms with van der Waals surface area (Å²) in [6.07, 6.45) is 3.71. The lowest BCUT2D eigenvalue weighted by atomic mass is 9.97. The van der Waals surface area contributed by atoms with Gasteiger partial charge in [0.25, 0.3) is 0 Å². The third kappa shape index (κ3) is 5.44. The van der Waals surface area contributed by atoms with E-state index in [4.69, 9.17) is 5.73 Å². The number of nitrogens with two attached hydrogens (primary N) is 1. The van der Waals surface area contributed by atoms with Crippen molar-refractivity contribution in [1.29, 1.82) is 0 Å². The van der Waals surface area contributed by atoms with Crippen molar-refractivity contribution in [2.45, 2.75) is 25.9 Å². The molecule has 0 aliphatic carbocycles. The minimum atomic E-state index is -0.299. The molecule has 0 aliphatic rings. The Bertz CT molecular complexity index is 1850. The van der Waals surface area contributed by atoms with Crippen molar-refractivity contribution in [3.05, 3.63) is 90.5 Å². The van der Waals surface area contributed by atoms with Crippen molar-refractivity contribution in [3.63, 3.8) is 0 Å². The highest BCUT2D eigenvalue weighted by Gasteiger charge is 2.16. The molecule has 0 radical (unpaired) electrons. The van der Waals surface area contributed by atoms with Gasteiger partial charge in [-0.25, -0.2) is 4.39 Å². The number of benzene rings is 3. The van der Waals surface area contributed by atoms with Crippen LogP contribution >= 0.6 is 0 Å². The molecule has 0 fully saturated rings. The largest absolute Gasteiger partial charge is 0.382 e. The number of hydrogen-bond donors (Lipinski definition) is 4. The number of anilines is 1. The first-order valence-electron chi connectivity index (χ1n) is 13.8. The summed E-state index contributed by atoms with van der Waals surface area (Å²) < 4.78 is 14.8. The van der Waals surface area contributed by atoms with E-state index in [2.05, 4.69) is 63.6 Å². The van der Waals surface area contributed by atoms with Gasteiger partial charge in [0.2, 0.25) is 0 Å². The van der Waals surface area contributed by atoms with E-state index in [0.717, 1.165) is 66.7 Å². The fourth-order valence-electron chi connectivity index (χ4n) is 5.42. The van der Waals surface area contributed by atoms with Gasteiger partial charge in [-0.1, -0.05) is 18.2 Å². The van der Waals surface area contributed by atoms with Gasteiger partial charge in [0.15, 0.2) is 0 Å². The SMILES string of the molecule is CC(C)Nc1cncc(-c2ccc3[nH]nc(-c4cc5c(-c6cc(F)cc(C(N)CN(C)C)c6)cccc5[nH]4)c3c2)c1. The van der Waals surface area contributed by atoms with Crippen molar-refractivity contribution in [2.24, 2.45) is 5.73 Å². The second-order valence-electron chi connectivity index (χ2n) is 11.2. The lowest BCUT2D eigenvalue weighted by molar-refractivity contribution is 0.376. The zero-order valence-corrected chi connectivity index (χ0v) is 23.7. The molecule has 41 heavy (non-hydrogen) atoms. The van der Waals surface area contributed by atoms with Crippen LogP contribution in [0.5, 0.6) is 0 Å². The Kier molecular flexibility index (Phi) is 7.03. The van der Waals surface area contributed by atoms with Gasteiger partial charge in [0, 0.05) is 52.9 Å². The highest BCUT2D eigenvalue weighted by molar-refractivity contribution is 6.02. The molecule has 208 valence electrons. The summed E-state index contributed by atoms with van der Waals surface area (Å²) in [6, 6.07) is 21.6. The maximum Gasteiger partial charge on any atom is 0.124 e. The van der Waals surface area contributed by atoms with Crippen molar-refractivity contribution in [1.82, 2.24) is 25.1 Å². The highest BCUT2D eigenvalue weighted by atomic mass is 19.1. The molecule has 0 saturated carbocycles. The van der Waals surface area contributed by atoms with Crippen LogP contribution in [-0.4, -0.2) is 51.7 Å². The number of aromatic amines is 2. The van der Waals surface area contributed by atoms with Crippen LogP contribution in [0.25, 0.3) is 55.4 Å². The maximum absolute atomic E-state index is 14.8. The summed E-state index contributed by atoms with van der Waals surface area (Å²) in [5.41, 5.74) is 15.5. The second kappa shape index (κ2) is 10.8. The molecule has 7 nitrogen and oxygen atoms in total. The van der Waals surface area contributed by atoms with E-state index in [-0.39, 0.29) is 11.9 Å². The van der Waals surface area contributed by atoms with E-state index in [1.165, 1.54) is 6.07 Å². The van der Waals surface area contributed by atoms with E-state index in [1.807, 2.05) is 61.7 Å². The highest BCUT2D eigenvalue weighted by Crippen LogP contribution is 2.36. The Labute approximate surface area is 238 Å². The van der Waals surface area contributed by atoms with E-state index in [1.54, 1.807) is 6.07 Å². The standard InChI is InChI=1S/C33H34FN7/c1-19(2)37-25-13-23(16-36-17-25)20-8-9-31-28(14-20)33(40-39-31)32-15-27-26(6-5-7-30(27)38-32)21-10-22(12-24(34)11-21)29(35)18-41(3)4/h5-17,19,29,37-38H,18,35H2,1-4H3,(H,39,40). The summed E-state index contributed by atoms with van der Waals surface area (Å²) in [6.45, 7) is 4.84. The predicted molar refractivity (Wildman–Crippen MR) is 166 cm³/mol. The maximum atomic E-state index is 14.8. The molecule has 3 heterocycles. The second-order valence-corrected chi connectivity index (χ2v) is 11.2. The zero-order valence-electron chi connectivity index (χ0n) is 23.7. The van der Waals surface area contributed by atoms with Crippen molar-refractivity contribution >= 4 is 27.5 Å². The molecule has 0 aliphatic heterocycles. The number of likely N-dealkylation sites (N-methyl/N-ethyl adjacent to an activating group) is 1. The summed E-state index contributed by atoms with van der Waals surface area (Å²) in [5.74, 6) is -0.299. The Morgan fingerprint density at radius 3 is 2.56 bits per heavy atom. The summed E-state index contributed by atoms with van der Waals surface area (Å²) in [4.78, 5) is 9.98. The van der Waals surface area contributed by atoms with Crippen LogP contribution in [0.2, 0.25) is 0 Å². The Morgan fingerprint density at radius 1 is 0.902 bits per heavy atom. The molecule has 0 amide bonds. The third-order valence-electron chi connectivity index (χ3n) is 7.23. The smallest absolute Gasteiger partial charge is 0.124 e. The summed E-state index contributed by atoms with van der Waals surface area (Å²) in [7, 11) is 3.92. The summed E-state index contributed by atoms with van der Waals surface area (Å²) in [5, 5.41) is 13.3.